The molecule has 0 radical (unpaired) electrons. The molecule has 1 atom stereocenters. The fraction of sp³-hybridized carbons (Fsp3) is 0.214. The van der Waals surface area contributed by atoms with Crippen molar-refractivity contribution in [3.63, 3.8) is 0 Å². The number of aromatic hydroxyl groups is 1. The number of furan rings is 1. The van der Waals surface area contributed by atoms with Gasteiger partial charge >= 0.3 is 0 Å². The van der Waals surface area contributed by atoms with E-state index < -0.39 is 0 Å². The third-order valence-corrected chi connectivity index (χ3v) is 2.80. The zero-order valence-electron chi connectivity index (χ0n) is 10.6. The predicted molar refractivity (Wildman–Crippen MR) is 70.6 cm³/mol. The molecule has 5 nitrogen and oxygen atoms in total. The van der Waals surface area contributed by atoms with Crippen LogP contribution in [0.3, 0.4) is 0 Å². The lowest BCUT2D eigenvalue weighted by Crippen LogP contribution is -2.26. The van der Waals surface area contributed by atoms with Crippen molar-refractivity contribution >= 4 is 5.91 Å². The average molecular weight is 260 g/mol. The minimum absolute atomic E-state index is 0.169. The summed E-state index contributed by atoms with van der Waals surface area (Å²) in [6, 6.07) is 9.79. The average Bonchev–Trinajstić information content (AvgIpc) is 2.87. The zero-order chi connectivity index (χ0) is 13.8. The summed E-state index contributed by atoms with van der Waals surface area (Å²) < 4.78 is 5.27. The van der Waals surface area contributed by atoms with Gasteiger partial charge in [0.05, 0.1) is 12.6 Å². The highest BCUT2D eigenvalue weighted by atomic mass is 16.4. The Morgan fingerprint density at radius 2 is 2.21 bits per heavy atom. The Morgan fingerprint density at radius 1 is 1.42 bits per heavy atom. The summed E-state index contributed by atoms with van der Waals surface area (Å²) in [5, 5.41) is 12.2. The summed E-state index contributed by atoms with van der Waals surface area (Å²) in [4.78, 5) is 11.9. The van der Waals surface area contributed by atoms with Crippen molar-refractivity contribution < 1.29 is 14.3 Å². The smallest absolute Gasteiger partial charge is 0.287 e. The van der Waals surface area contributed by atoms with Crippen molar-refractivity contribution in [2.24, 2.45) is 5.73 Å². The van der Waals surface area contributed by atoms with Crippen molar-refractivity contribution in [3.8, 4) is 5.75 Å². The molecule has 1 aromatic carbocycles. The maximum atomic E-state index is 11.9. The van der Waals surface area contributed by atoms with Crippen LogP contribution in [0.15, 0.2) is 40.8 Å². The number of nitrogens with one attached hydrogen (secondary N) is 1. The van der Waals surface area contributed by atoms with Crippen LogP contribution in [-0.4, -0.2) is 11.0 Å². The molecule has 0 fully saturated rings. The summed E-state index contributed by atoms with van der Waals surface area (Å²) in [7, 11) is 0. The summed E-state index contributed by atoms with van der Waals surface area (Å²) >= 11 is 0. The highest BCUT2D eigenvalue weighted by Crippen LogP contribution is 2.18. The van der Waals surface area contributed by atoms with Gasteiger partial charge in [0, 0.05) is 0 Å². The number of carbonyl (C=O) groups is 1. The molecule has 0 saturated carbocycles. The quantitative estimate of drug-likeness (QED) is 0.783. The number of phenols is 1. The van der Waals surface area contributed by atoms with Crippen molar-refractivity contribution in [2.45, 2.75) is 19.5 Å². The van der Waals surface area contributed by atoms with Crippen LogP contribution in [-0.2, 0) is 6.54 Å². The van der Waals surface area contributed by atoms with Crippen LogP contribution in [0.4, 0.5) is 0 Å². The van der Waals surface area contributed by atoms with Crippen LogP contribution in [0.2, 0.25) is 0 Å². The lowest BCUT2D eigenvalue weighted by molar-refractivity contribution is 0.0910. The van der Waals surface area contributed by atoms with E-state index in [0.29, 0.717) is 5.76 Å². The van der Waals surface area contributed by atoms with E-state index in [2.05, 4.69) is 5.32 Å². The van der Waals surface area contributed by atoms with Crippen LogP contribution in [0.25, 0.3) is 0 Å². The third kappa shape index (κ3) is 3.14. The Morgan fingerprint density at radius 3 is 2.84 bits per heavy atom. The molecule has 0 bridgehead atoms. The van der Waals surface area contributed by atoms with E-state index in [1.807, 2.05) is 13.0 Å². The van der Waals surface area contributed by atoms with Gasteiger partial charge in [-0.2, -0.15) is 0 Å². The minimum atomic E-state index is -0.310. The third-order valence-electron chi connectivity index (χ3n) is 2.80. The van der Waals surface area contributed by atoms with Crippen molar-refractivity contribution in [2.75, 3.05) is 0 Å². The number of nitrogens with two attached hydrogens (primary N) is 1. The predicted octanol–water partition coefficient (Wildman–Crippen LogP) is 1.93. The number of rotatable bonds is 4. The molecular formula is C14H16N2O3. The molecule has 4 N–H and O–H groups in total. The number of benzene rings is 1. The molecule has 0 aliphatic heterocycles. The standard InChI is InChI=1S/C14H16N2O3/c1-9(10-3-2-4-11(17)7-10)16-14(18)13-6-5-12(8-15)19-13/h2-7,9,17H,8,15H2,1H3,(H,16,18). The van der Waals surface area contributed by atoms with Crippen molar-refractivity contribution in [3.05, 3.63) is 53.5 Å². The molecule has 0 saturated heterocycles. The molecule has 19 heavy (non-hydrogen) atoms. The number of hydrogen-bond donors (Lipinski definition) is 3. The van der Waals surface area contributed by atoms with Gasteiger partial charge in [-0.3, -0.25) is 4.79 Å². The van der Waals surface area contributed by atoms with Gasteiger partial charge in [0.1, 0.15) is 11.5 Å². The lowest BCUT2D eigenvalue weighted by Gasteiger charge is -2.13. The molecule has 100 valence electrons. The molecule has 0 spiro atoms. The molecule has 0 aliphatic rings. The van der Waals surface area contributed by atoms with Gasteiger partial charge in [-0.15, -0.1) is 0 Å². The molecule has 2 rings (SSSR count). The first-order valence-corrected chi connectivity index (χ1v) is 5.98. The number of hydrogen-bond acceptors (Lipinski definition) is 4. The van der Waals surface area contributed by atoms with Crippen LogP contribution >= 0.6 is 0 Å². The zero-order valence-corrected chi connectivity index (χ0v) is 10.6. The van der Waals surface area contributed by atoms with Crippen LogP contribution in [0.5, 0.6) is 5.75 Å². The Kier molecular flexibility index (Phi) is 3.87. The van der Waals surface area contributed by atoms with E-state index in [1.54, 1.807) is 30.3 Å². The summed E-state index contributed by atoms with van der Waals surface area (Å²) in [5.74, 6) is 0.653. The summed E-state index contributed by atoms with van der Waals surface area (Å²) in [6.07, 6.45) is 0. The number of carbonyl (C=O) groups excluding carboxylic acids is 1. The van der Waals surface area contributed by atoms with E-state index in [1.165, 1.54) is 0 Å². The van der Waals surface area contributed by atoms with Gasteiger partial charge in [-0.1, -0.05) is 12.1 Å². The Bertz CT molecular complexity index is 578. The van der Waals surface area contributed by atoms with E-state index in [4.69, 9.17) is 10.2 Å². The van der Waals surface area contributed by atoms with Crippen LogP contribution in [0, 0.1) is 0 Å². The first-order valence-electron chi connectivity index (χ1n) is 5.98. The minimum Gasteiger partial charge on any atom is -0.508 e. The van der Waals surface area contributed by atoms with Crippen molar-refractivity contribution in [1.29, 1.82) is 0 Å². The van der Waals surface area contributed by atoms with Crippen LogP contribution in [0.1, 0.15) is 34.8 Å². The molecule has 1 heterocycles. The second-order valence-electron chi connectivity index (χ2n) is 4.26. The molecule has 1 unspecified atom stereocenters. The highest BCUT2D eigenvalue weighted by molar-refractivity contribution is 5.91. The maximum Gasteiger partial charge on any atom is 0.287 e. The van der Waals surface area contributed by atoms with Gasteiger partial charge in [-0.05, 0) is 36.8 Å². The fourth-order valence-corrected chi connectivity index (χ4v) is 1.75. The summed E-state index contributed by atoms with van der Waals surface area (Å²) in [6.45, 7) is 2.09. The second kappa shape index (κ2) is 5.58. The second-order valence-corrected chi connectivity index (χ2v) is 4.26. The highest BCUT2D eigenvalue weighted by Gasteiger charge is 2.14. The molecule has 5 heteroatoms. The normalized spacial score (nSPS) is 12.1. The monoisotopic (exact) mass is 260 g/mol. The molecule has 0 aliphatic carbocycles. The number of amides is 1. The number of phenolic OH excluding ortho intramolecular Hbond substituents is 1. The molecule has 1 aromatic heterocycles. The molecule has 1 amide bonds. The van der Waals surface area contributed by atoms with E-state index in [-0.39, 0.29) is 30.0 Å². The van der Waals surface area contributed by atoms with Crippen LogP contribution < -0.4 is 11.1 Å². The Hall–Kier alpha value is -2.27. The van der Waals surface area contributed by atoms with E-state index in [9.17, 15) is 9.90 Å². The first kappa shape index (κ1) is 13.2. The van der Waals surface area contributed by atoms with Gasteiger partial charge in [-0.25, -0.2) is 0 Å². The fourth-order valence-electron chi connectivity index (χ4n) is 1.75. The topological polar surface area (TPSA) is 88.5 Å². The van der Waals surface area contributed by atoms with Gasteiger partial charge in [0.15, 0.2) is 5.76 Å². The lowest BCUT2D eigenvalue weighted by atomic mass is 10.1. The van der Waals surface area contributed by atoms with Gasteiger partial charge in [0.2, 0.25) is 0 Å². The molecule has 2 aromatic rings. The SMILES string of the molecule is CC(NC(=O)c1ccc(CN)o1)c1cccc(O)c1. The van der Waals surface area contributed by atoms with E-state index in [0.717, 1.165) is 5.56 Å². The Labute approximate surface area is 111 Å². The summed E-state index contributed by atoms with van der Waals surface area (Å²) in [5.41, 5.74) is 6.24. The van der Waals surface area contributed by atoms with Crippen molar-refractivity contribution in [1.82, 2.24) is 5.32 Å². The Balaban J connectivity index is 2.06. The van der Waals surface area contributed by atoms with Gasteiger partial charge < -0.3 is 20.6 Å². The first-order chi connectivity index (χ1) is 9.10. The van der Waals surface area contributed by atoms with E-state index >= 15 is 0 Å². The maximum absolute atomic E-state index is 11.9. The largest absolute Gasteiger partial charge is 0.508 e. The molecular weight excluding hydrogens is 244 g/mol. The van der Waals surface area contributed by atoms with Gasteiger partial charge in [0.25, 0.3) is 5.91 Å².